The van der Waals surface area contributed by atoms with Crippen molar-refractivity contribution in [2.75, 3.05) is 5.32 Å². The minimum atomic E-state index is -0.712. The molecule has 1 unspecified atom stereocenters. The van der Waals surface area contributed by atoms with Crippen LogP contribution < -0.4 is 5.32 Å². The molecule has 1 atom stereocenters. The van der Waals surface area contributed by atoms with Gasteiger partial charge >= 0.3 is 5.69 Å². The first kappa shape index (κ1) is 20.2. The predicted octanol–water partition coefficient (Wildman–Crippen LogP) is 2.38. The smallest absolute Gasteiger partial charge is 0.312 e. The van der Waals surface area contributed by atoms with E-state index in [4.69, 9.17) is 0 Å². The quantitative estimate of drug-likeness (QED) is 0.479. The van der Waals surface area contributed by atoms with Crippen molar-refractivity contribution >= 4 is 17.3 Å². The van der Waals surface area contributed by atoms with E-state index < -0.39 is 11.0 Å². The molecule has 0 aliphatic rings. The SMILES string of the molecule is CCn1ncc(Cn2cc(NC(=O)C(C)n3nc(C)c([N+](=O)[O-])c3C)cn2)c1C. The number of nitrogens with zero attached hydrogens (tertiary/aromatic N) is 7. The Labute approximate surface area is 167 Å². The Morgan fingerprint density at radius 1 is 1.24 bits per heavy atom. The Morgan fingerprint density at radius 2 is 1.97 bits per heavy atom. The number of rotatable bonds is 7. The number of nitrogens with one attached hydrogen (secondary N) is 1. The molecule has 0 aliphatic heterocycles. The Kier molecular flexibility index (Phi) is 5.48. The van der Waals surface area contributed by atoms with Crippen molar-refractivity contribution in [3.8, 4) is 0 Å². The van der Waals surface area contributed by atoms with Gasteiger partial charge in [-0.2, -0.15) is 15.3 Å². The summed E-state index contributed by atoms with van der Waals surface area (Å²) in [6.45, 7) is 10.2. The van der Waals surface area contributed by atoms with Crippen LogP contribution in [0.5, 0.6) is 0 Å². The first-order chi connectivity index (χ1) is 13.7. The summed E-state index contributed by atoms with van der Waals surface area (Å²) in [4.78, 5) is 23.3. The second-order valence-corrected chi connectivity index (χ2v) is 6.88. The van der Waals surface area contributed by atoms with Gasteiger partial charge in [0.15, 0.2) is 0 Å². The summed E-state index contributed by atoms with van der Waals surface area (Å²) < 4.78 is 5.00. The van der Waals surface area contributed by atoms with Gasteiger partial charge in [-0.15, -0.1) is 0 Å². The van der Waals surface area contributed by atoms with Crippen LogP contribution in [0.3, 0.4) is 0 Å². The highest BCUT2D eigenvalue weighted by molar-refractivity contribution is 5.93. The van der Waals surface area contributed by atoms with Crippen LogP contribution in [0.1, 0.15) is 42.5 Å². The van der Waals surface area contributed by atoms with Gasteiger partial charge in [-0.1, -0.05) is 0 Å². The highest BCUT2D eigenvalue weighted by atomic mass is 16.6. The first-order valence-electron chi connectivity index (χ1n) is 9.27. The topological polar surface area (TPSA) is 126 Å². The summed E-state index contributed by atoms with van der Waals surface area (Å²) in [6, 6.07) is -0.712. The van der Waals surface area contributed by atoms with Crippen LogP contribution in [0.15, 0.2) is 18.6 Å². The van der Waals surface area contributed by atoms with E-state index in [2.05, 4.69) is 20.6 Å². The van der Waals surface area contributed by atoms with Gasteiger partial charge in [-0.05, 0) is 34.6 Å². The molecule has 1 amide bonds. The van der Waals surface area contributed by atoms with Gasteiger partial charge in [0.05, 0.1) is 29.5 Å². The van der Waals surface area contributed by atoms with E-state index in [9.17, 15) is 14.9 Å². The second-order valence-electron chi connectivity index (χ2n) is 6.88. The summed E-state index contributed by atoms with van der Waals surface area (Å²) in [7, 11) is 0. The van der Waals surface area contributed by atoms with Crippen molar-refractivity contribution in [2.45, 2.75) is 53.8 Å². The molecule has 3 aromatic heterocycles. The molecular weight excluding hydrogens is 376 g/mol. The number of amides is 1. The third-order valence-electron chi connectivity index (χ3n) is 4.95. The van der Waals surface area contributed by atoms with Crippen molar-refractivity contribution in [1.29, 1.82) is 0 Å². The largest absolute Gasteiger partial charge is 0.322 e. The average molecular weight is 400 g/mol. The number of aromatic nitrogens is 6. The maximum Gasteiger partial charge on any atom is 0.312 e. The summed E-state index contributed by atoms with van der Waals surface area (Å²) in [5.74, 6) is -0.333. The van der Waals surface area contributed by atoms with E-state index >= 15 is 0 Å². The van der Waals surface area contributed by atoms with Crippen molar-refractivity contribution in [3.05, 3.63) is 51.4 Å². The van der Waals surface area contributed by atoms with Gasteiger partial charge < -0.3 is 5.32 Å². The van der Waals surface area contributed by atoms with E-state index in [1.165, 1.54) is 4.68 Å². The number of nitro groups is 1. The van der Waals surface area contributed by atoms with Gasteiger partial charge in [-0.25, -0.2) is 0 Å². The number of carbonyl (C=O) groups excluding carboxylic acids is 1. The lowest BCUT2D eigenvalue weighted by Crippen LogP contribution is -2.25. The van der Waals surface area contributed by atoms with Gasteiger partial charge in [0.2, 0.25) is 5.91 Å². The molecule has 0 radical (unpaired) electrons. The molecule has 11 nitrogen and oxygen atoms in total. The van der Waals surface area contributed by atoms with Crippen LogP contribution in [0.2, 0.25) is 0 Å². The molecule has 3 aromatic rings. The zero-order valence-electron chi connectivity index (χ0n) is 17.1. The molecule has 0 aromatic carbocycles. The number of hydrogen-bond acceptors (Lipinski definition) is 6. The second kappa shape index (κ2) is 7.86. The summed E-state index contributed by atoms with van der Waals surface area (Å²) in [5, 5.41) is 26.7. The highest BCUT2D eigenvalue weighted by Gasteiger charge is 2.27. The molecule has 1 N–H and O–H groups in total. The fourth-order valence-electron chi connectivity index (χ4n) is 3.30. The maximum atomic E-state index is 12.6. The Hall–Kier alpha value is -3.50. The third kappa shape index (κ3) is 3.89. The zero-order chi connectivity index (χ0) is 21.3. The molecule has 0 bridgehead atoms. The molecule has 0 saturated carbocycles. The van der Waals surface area contributed by atoms with Crippen LogP contribution in [0, 0.1) is 30.9 Å². The van der Waals surface area contributed by atoms with Crippen molar-refractivity contribution in [2.24, 2.45) is 0 Å². The standard InChI is InChI=1S/C18H24N8O3/c1-6-24-12(3)15(7-20-24)9-23-10-16(8-19-23)21-18(27)14(5)25-13(4)17(26(28)29)11(2)22-25/h7-8,10,14H,6,9H2,1-5H3,(H,21,27). The predicted molar refractivity (Wildman–Crippen MR) is 106 cm³/mol. The Balaban J connectivity index is 1.71. The van der Waals surface area contributed by atoms with Crippen LogP contribution in [0.25, 0.3) is 0 Å². The first-order valence-corrected chi connectivity index (χ1v) is 9.27. The lowest BCUT2D eigenvalue weighted by Gasteiger charge is -2.13. The number of hydrogen-bond donors (Lipinski definition) is 1. The van der Waals surface area contributed by atoms with E-state index in [1.807, 2.05) is 24.7 Å². The van der Waals surface area contributed by atoms with E-state index in [0.717, 1.165) is 17.8 Å². The van der Waals surface area contributed by atoms with Crippen LogP contribution in [-0.2, 0) is 17.9 Å². The average Bonchev–Trinajstić information content (AvgIpc) is 3.33. The number of carbonyl (C=O) groups is 1. The molecule has 154 valence electrons. The van der Waals surface area contributed by atoms with E-state index in [-0.39, 0.29) is 17.3 Å². The monoisotopic (exact) mass is 400 g/mol. The highest BCUT2D eigenvalue weighted by Crippen LogP contribution is 2.25. The summed E-state index contributed by atoms with van der Waals surface area (Å²) in [5.41, 5.74) is 3.22. The normalized spacial score (nSPS) is 12.2. The number of aryl methyl sites for hydroxylation is 2. The molecule has 0 fully saturated rings. The number of anilines is 1. The molecule has 11 heteroatoms. The van der Waals surface area contributed by atoms with Crippen molar-refractivity contribution in [3.63, 3.8) is 0 Å². The van der Waals surface area contributed by atoms with Gasteiger partial charge in [0.1, 0.15) is 17.4 Å². The molecule has 3 heterocycles. The van der Waals surface area contributed by atoms with E-state index in [1.54, 1.807) is 37.8 Å². The van der Waals surface area contributed by atoms with Gasteiger partial charge in [-0.3, -0.25) is 29.0 Å². The lowest BCUT2D eigenvalue weighted by atomic mass is 10.2. The molecule has 0 spiro atoms. The molecule has 0 aliphatic carbocycles. The van der Waals surface area contributed by atoms with Crippen molar-refractivity contribution in [1.82, 2.24) is 29.3 Å². The third-order valence-corrected chi connectivity index (χ3v) is 4.95. The minimum Gasteiger partial charge on any atom is -0.322 e. The maximum absolute atomic E-state index is 12.6. The van der Waals surface area contributed by atoms with Crippen LogP contribution in [0.4, 0.5) is 11.4 Å². The molecule has 29 heavy (non-hydrogen) atoms. The molecule has 0 saturated heterocycles. The van der Waals surface area contributed by atoms with Crippen LogP contribution >= 0.6 is 0 Å². The van der Waals surface area contributed by atoms with Gasteiger partial charge in [0, 0.05) is 24.0 Å². The Bertz CT molecular complexity index is 1060. The molecule has 3 rings (SSSR count). The fourth-order valence-corrected chi connectivity index (χ4v) is 3.30. The fraction of sp³-hybridized carbons (Fsp3) is 0.444. The van der Waals surface area contributed by atoms with E-state index in [0.29, 0.717) is 17.9 Å². The van der Waals surface area contributed by atoms with Crippen LogP contribution in [-0.4, -0.2) is 40.2 Å². The molecular formula is C18H24N8O3. The Morgan fingerprint density at radius 3 is 2.55 bits per heavy atom. The minimum absolute atomic E-state index is 0.0690. The zero-order valence-corrected chi connectivity index (χ0v) is 17.1. The van der Waals surface area contributed by atoms with Gasteiger partial charge in [0.25, 0.3) is 0 Å². The van der Waals surface area contributed by atoms with Crippen molar-refractivity contribution < 1.29 is 9.72 Å². The summed E-state index contributed by atoms with van der Waals surface area (Å²) >= 11 is 0. The summed E-state index contributed by atoms with van der Waals surface area (Å²) in [6.07, 6.45) is 5.11. The lowest BCUT2D eigenvalue weighted by molar-refractivity contribution is -0.386.